The zero-order chi connectivity index (χ0) is 11.0. The SMILES string of the molecule is C=C(C)C(F)c1nc2c(s1)[C@@H](C)NCC2. The van der Waals surface area contributed by atoms with Crippen molar-refractivity contribution in [3.8, 4) is 0 Å². The molecule has 2 heterocycles. The van der Waals surface area contributed by atoms with E-state index >= 15 is 0 Å². The molecule has 0 fully saturated rings. The van der Waals surface area contributed by atoms with Gasteiger partial charge in [-0.2, -0.15) is 0 Å². The molecule has 2 atom stereocenters. The van der Waals surface area contributed by atoms with E-state index in [9.17, 15) is 4.39 Å². The van der Waals surface area contributed by atoms with Crippen molar-refractivity contribution in [2.45, 2.75) is 32.5 Å². The molecule has 0 amide bonds. The number of fused-ring (bicyclic) bond motifs is 1. The van der Waals surface area contributed by atoms with Crippen LogP contribution in [0.15, 0.2) is 12.2 Å². The van der Waals surface area contributed by atoms with Gasteiger partial charge in [0.2, 0.25) is 0 Å². The van der Waals surface area contributed by atoms with Crippen molar-refractivity contribution < 1.29 is 4.39 Å². The van der Waals surface area contributed by atoms with Crippen LogP contribution in [0, 0.1) is 0 Å². The minimum atomic E-state index is -1.10. The standard InChI is InChI=1S/C11H15FN2S/c1-6(2)9(12)11-14-8-4-5-13-7(3)10(8)15-11/h7,9,13H,1,4-5H2,2-3H3/t7-,9?/m1/s1. The highest BCUT2D eigenvalue weighted by Crippen LogP contribution is 2.34. The molecule has 0 radical (unpaired) electrons. The molecule has 0 aliphatic carbocycles. The second-order valence-electron chi connectivity index (χ2n) is 4.00. The fourth-order valence-corrected chi connectivity index (χ4v) is 2.93. The molecule has 4 heteroatoms. The number of hydrogen-bond acceptors (Lipinski definition) is 3. The number of thiazole rings is 1. The Morgan fingerprint density at radius 3 is 3.07 bits per heavy atom. The maximum Gasteiger partial charge on any atom is 0.172 e. The van der Waals surface area contributed by atoms with Gasteiger partial charge in [-0.05, 0) is 19.4 Å². The summed E-state index contributed by atoms with van der Waals surface area (Å²) in [6, 6.07) is 0.303. The van der Waals surface area contributed by atoms with Gasteiger partial charge in [0.1, 0.15) is 5.01 Å². The van der Waals surface area contributed by atoms with Crippen molar-refractivity contribution in [3.63, 3.8) is 0 Å². The van der Waals surface area contributed by atoms with E-state index < -0.39 is 6.17 Å². The van der Waals surface area contributed by atoms with E-state index in [-0.39, 0.29) is 0 Å². The van der Waals surface area contributed by atoms with Gasteiger partial charge in [0.05, 0.1) is 5.69 Å². The van der Waals surface area contributed by atoms with E-state index in [0.29, 0.717) is 16.6 Å². The Bertz CT molecular complexity index is 386. The molecule has 0 aromatic carbocycles. The second-order valence-corrected chi connectivity index (χ2v) is 5.06. The van der Waals surface area contributed by atoms with Crippen LogP contribution in [0.5, 0.6) is 0 Å². The van der Waals surface area contributed by atoms with Gasteiger partial charge in [0, 0.05) is 23.9 Å². The monoisotopic (exact) mass is 226 g/mol. The Balaban J connectivity index is 2.33. The Hall–Kier alpha value is -0.740. The van der Waals surface area contributed by atoms with Crippen LogP contribution in [0.2, 0.25) is 0 Å². The van der Waals surface area contributed by atoms with E-state index in [0.717, 1.165) is 18.7 Å². The van der Waals surface area contributed by atoms with E-state index in [1.165, 1.54) is 16.2 Å². The molecule has 1 unspecified atom stereocenters. The van der Waals surface area contributed by atoms with Crippen molar-refractivity contribution in [1.29, 1.82) is 0 Å². The van der Waals surface area contributed by atoms with Crippen molar-refractivity contribution in [1.82, 2.24) is 10.3 Å². The molecule has 1 N–H and O–H groups in total. The van der Waals surface area contributed by atoms with Crippen molar-refractivity contribution in [3.05, 3.63) is 27.7 Å². The third kappa shape index (κ3) is 1.96. The molecule has 2 rings (SSSR count). The number of alkyl halides is 1. The van der Waals surface area contributed by atoms with Gasteiger partial charge in [0.15, 0.2) is 6.17 Å². The predicted octanol–water partition coefficient (Wildman–Crippen LogP) is 2.94. The van der Waals surface area contributed by atoms with Crippen molar-refractivity contribution >= 4 is 11.3 Å². The van der Waals surface area contributed by atoms with Crippen LogP contribution >= 0.6 is 11.3 Å². The second kappa shape index (κ2) is 4.02. The number of allylic oxidation sites excluding steroid dienone is 1. The Morgan fingerprint density at radius 2 is 2.47 bits per heavy atom. The first-order chi connectivity index (χ1) is 7.09. The van der Waals surface area contributed by atoms with Crippen LogP contribution in [0.3, 0.4) is 0 Å². The molecule has 1 aromatic heterocycles. The summed E-state index contributed by atoms with van der Waals surface area (Å²) in [5.41, 5.74) is 1.59. The van der Waals surface area contributed by atoms with Crippen LogP contribution in [-0.2, 0) is 6.42 Å². The van der Waals surface area contributed by atoms with E-state index in [2.05, 4.69) is 23.8 Å². The fraction of sp³-hybridized carbons (Fsp3) is 0.545. The quantitative estimate of drug-likeness (QED) is 0.784. The lowest BCUT2D eigenvalue weighted by atomic mass is 10.1. The zero-order valence-corrected chi connectivity index (χ0v) is 9.83. The third-order valence-electron chi connectivity index (χ3n) is 2.60. The number of halogens is 1. The molecule has 0 spiro atoms. The molecule has 0 bridgehead atoms. The van der Waals surface area contributed by atoms with Crippen LogP contribution in [0.1, 0.15) is 41.6 Å². The third-order valence-corrected chi connectivity index (χ3v) is 3.92. The summed E-state index contributed by atoms with van der Waals surface area (Å²) in [7, 11) is 0. The van der Waals surface area contributed by atoms with Gasteiger partial charge in [-0.25, -0.2) is 9.37 Å². The summed E-state index contributed by atoms with van der Waals surface area (Å²) in [4.78, 5) is 5.55. The van der Waals surface area contributed by atoms with Crippen LogP contribution in [0.25, 0.3) is 0 Å². The molecule has 15 heavy (non-hydrogen) atoms. The van der Waals surface area contributed by atoms with Gasteiger partial charge >= 0.3 is 0 Å². The number of aromatic nitrogens is 1. The lowest BCUT2D eigenvalue weighted by molar-refractivity contribution is 0.393. The Labute approximate surface area is 93.2 Å². The maximum absolute atomic E-state index is 13.7. The molecule has 0 saturated heterocycles. The summed E-state index contributed by atoms with van der Waals surface area (Å²) in [5, 5.41) is 3.90. The number of nitrogens with one attached hydrogen (secondary N) is 1. The first-order valence-corrected chi connectivity index (χ1v) is 5.93. The topological polar surface area (TPSA) is 24.9 Å². The Kier molecular flexibility index (Phi) is 2.89. The van der Waals surface area contributed by atoms with E-state index in [4.69, 9.17) is 0 Å². The molecule has 2 nitrogen and oxygen atoms in total. The molecule has 1 aromatic rings. The summed E-state index contributed by atoms with van der Waals surface area (Å²) in [5.74, 6) is 0. The van der Waals surface area contributed by atoms with E-state index in [1.54, 1.807) is 6.92 Å². The van der Waals surface area contributed by atoms with Crippen LogP contribution in [0.4, 0.5) is 4.39 Å². The van der Waals surface area contributed by atoms with Gasteiger partial charge in [-0.15, -0.1) is 11.3 Å². The highest BCUT2D eigenvalue weighted by molar-refractivity contribution is 7.12. The van der Waals surface area contributed by atoms with E-state index in [1.807, 2.05) is 0 Å². The minimum absolute atomic E-state index is 0.303. The summed E-state index contributed by atoms with van der Waals surface area (Å²) in [6.45, 7) is 8.36. The van der Waals surface area contributed by atoms with Gasteiger partial charge in [-0.1, -0.05) is 6.58 Å². The summed E-state index contributed by atoms with van der Waals surface area (Å²) >= 11 is 1.47. The molecule has 0 saturated carbocycles. The van der Waals surface area contributed by atoms with Gasteiger partial charge in [-0.3, -0.25) is 0 Å². The number of nitrogens with zero attached hydrogens (tertiary/aromatic N) is 1. The Morgan fingerprint density at radius 1 is 1.73 bits per heavy atom. The highest BCUT2D eigenvalue weighted by atomic mass is 32.1. The predicted molar refractivity (Wildman–Crippen MR) is 60.9 cm³/mol. The highest BCUT2D eigenvalue weighted by Gasteiger charge is 2.24. The maximum atomic E-state index is 13.7. The van der Waals surface area contributed by atoms with Gasteiger partial charge < -0.3 is 5.32 Å². The molecular weight excluding hydrogens is 211 g/mol. The summed E-state index contributed by atoms with van der Waals surface area (Å²) < 4.78 is 13.7. The molecular formula is C11H15FN2S. The fourth-order valence-electron chi connectivity index (χ4n) is 1.72. The molecule has 1 aliphatic heterocycles. The normalized spacial score (nSPS) is 22.2. The minimum Gasteiger partial charge on any atom is -0.309 e. The van der Waals surface area contributed by atoms with Gasteiger partial charge in [0.25, 0.3) is 0 Å². The smallest absolute Gasteiger partial charge is 0.172 e. The largest absolute Gasteiger partial charge is 0.309 e. The first-order valence-electron chi connectivity index (χ1n) is 5.12. The van der Waals surface area contributed by atoms with Crippen LogP contribution < -0.4 is 5.32 Å². The molecule has 82 valence electrons. The number of rotatable bonds is 2. The average molecular weight is 226 g/mol. The van der Waals surface area contributed by atoms with Crippen molar-refractivity contribution in [2.75, 3.05) is 6.54 Å². The summed E-state index contributed by atoms with van der Waals surface area (Å²) in [6.07, 6.45) is -0.202. The lowest BCUT2D eigenvalue weighted by Gasteiger charge is -2.18. The first kappa shape index (κ1) is 10.8. The number of hydrogen-bond donors (Lipinski definition) is 1. The van der Waals surface area contributed by atoms with Crippen molar-refractivity contribution in [2.24, 2.45) is 0 Å². The molecule has 1 aliphatic rings. The zero-order valence-electron chi connectivity index (χ0n) is 9.01. The lowest BCUT2D eigenvalue weighted by Crippen LogP contribution is -2.26. The van der Waals surface area contributed by atoms with Crippen LogP contribution in [-0.4, -0.2) is 11.5 Å². The average Bonchev–Trinajstić information content (AvgIpc) is 2.61.